The molecule has 10 aromatic carbocycles. The van der Waals surface area contributed by atoms with Crippen molar-refractivity contribution >= 4 is 92.9 Å². The number of fused-ring (bicyclic) bond motifs is 12. The molecule has 0 bridgehead atoms. The van der Waals surface area contributed by atoms with Crippen molar-refractivity contribution in [3.63, 3.8) is 0 Å². The van der Waals surface area contributed by atoms with E-state index in [0.29, 0.717) is 5.56 Å². The van der Waals surface area contributed by atoms with Crippen LogP contribution in [-0.4, -0.2) is 18.3 Å². The smallest absolute Gasteiger partial charge is 0.197 e. The number of hydrogen-bond acceptors (Lipinski definition) is 0. The van der Waals surface area contributed by atoms with Crippen LogP contribution in [0.3, 0.4) is 0 Å². The summed E-state index contributed by atoms with van der Waals surface area (Å²) >= 11 is 0. The van der Waals surface area contributed by atoms with Gasteiger partial charge >= 0.3 is 0 Å². The highest BCUT2D eigenvalue weighted by Gasteiger charge is 2.24. The van der Waals surface area contributed by atoms with Gasteiger partial charge in [-0.2, -0.15) is 0 Å². The molecule has 0 aliphatic heterocycles. The molecular formula is C61H35F2N5. The van der Waals surface area contributed by atoms with E-state index in [-0.39, 0.29) is 11.3 Å². The number of nitrogens with zero attached hydrogens (tertiary/aromatic N) is 5. The van der Waals surface area contributed by atoms with Crippen molar-refractivity contribution in [2.24, 2.45) is 0 Å². The van der Waals surface area contributed by atoms with Gasteiger partial charge in [-0.3, -0.25) is 0 Å². The van der Waals surface area contributed by atoms with Gasteiger partial charge in [-0.15, -0.1) is 0 Å². The quantitative estimate of drug-likeness (QED) is 0.154. The second-order valence-corrected chi connectivity index (χ2v) is 17.5. The molecule has 4 aromatic heterocycles. The molecular weight excluding hydrogens is 841 g/mol. The molecule has 14 rings (SSSR count). The molecule has 7 heteroatoms. The van der Waals surface area contributed by atoms with Gasteiger partial charge in [0.25, 0.3) is 0 Å². The molecule has 0 amide bonds. The van der Waals surface area contributed by atoms with Crippen LogP contribution in [0, 0.1) is 18.2 Å². The molecule has 0 atom stereocenters. The average Bonchev–Trinajstić information content (AvgIpc) is 4.10. The maximum absolute atomic E-state index is 15.1. The summed E-state index contributed by atoms with van der Waals surface area (Å²) in [6.45, 7) is 8.56. The first-order valence-corrected chi connectivity index (χ1v) is 22.6. The van der Waals surface area contributed by atoms with Gasteiger partial charge in [-0.1, -0.05) is 109 Å². The van der Waals surface area contributed by atoms with E-state index in [1.165, 1.54) is 33.7 Å². The highest BCUT2D eigenvalue weighted by Crippen LogP contribution is 2.45. The van der Waals surface area contributed by atoms with Crippen LogP contribution >= 0.6 is 0 Å². The third kappa shape index (κ3) is 5.40. The first-order valence-electron chi connectivity index (χ1n) is 22.6. The van der Waals surface area contributed by atoms with Gasteiger partial charge in [0.05, 0.1) is 62.1 Å². The summed E-state index contributed by atoms with van der Waals surface area (Å²) in [4.78, 5) is 4.06. The van der Waals surface area contributed by atoms with Crippen molar-refractivity contribution in [1.29, 1.82) is 0 Å². The van der Waals surface area contributed by atoms with E-state index in [1.807, 2.05) is 24.3 Å². The number of benzene rings is 10. The van der Waals surface area contributed by atoms with Crippen molar-refractivity contribution in [1.82, 2.24) is 18.3 Å². The third-order valence-electron chi connectivity index (χ3n) is 13.9. The van der Waals surface area contributed by atoms with E-state index < -0.39 is 11.6 Å². The van der Waals surface area contributed by atoms with Crippen molar-refractivity contribution < 1.29 is 8.78 Å². The molecule has 318 valence electrons. The van der Waals surface area contributed by atoms with Gasteiger partial charge in [0.2, 0.25) is 0 Å². The molecule has 0 N–H and O–H groups in total. The first-order chi connectivity index (χ1) is 33.5. The highest BCUT2D eigenvalue weighted by atomic mass is 19.1. The van der Waals surface area contributed by atoms with Gasteiger partial charge in [-0.05, 0) is 108 Å². The SMILES string of the molecule is [C-]#[N+]c1cc(-n2c3ccccc3c3cc(-n4c5ccccc5c5ccccc54)ccc32)c(-n2c3ccccc3c3cc(-n4c5ccccc5c5ccccc54)ccc32)cc1-c1cc(F)cc(F)c1. The molecule has 0 spiro atoms. The zero-order valence-corrected chi connectivity index (χ0v) is 36.2. The number of para-hydroxylation sites is 6. The summed E-state index contributed by atoms with van der Waals surface area (Å²) in [7, 11) is 0. The van der Waals surface area contributed by atoms with Gasteiger partial charge < -0.3 is 18.3 Å². The van der Waals surface area contributed by atoms with Gasteiger partial charge in [0.15, 0.2) is 5.69 Å². The fourth-order valence-corrected chi connectivity index (χ4v) is 11.1. The number of aromatic nitrogens is 4. The molecule has 0 aliphatic rings. The van der Waals surface area contributed by atoms with E-state index in [0.717, 1.165) is 94.5 Å². The van der Waals surface area contributed by atoms with Crippen LogP contribution in [0.1, 0.15) is 0 Å². The molecule has 68 heavy (non-hydrogen) atoms. The normalized spacial score (nSPS) is 12.0. The second-order valence-electron chi connectivity index (χ2n) is 17.5. The van der Waals surface area contributed by atoms with Gasteiger partial charge in [0.1, 0.15) is 11.6 Å². The second kappa shape index (κ2) is 14.4. The highest BCUT2D eigenvalue weighted by molar-refractivity contribution is 6.15. The van der Waals surface area contributed by atoms with Crippen molar-refractivity contribution in [2.75, 3.05) is 0 Å². The van der Waals surface area contributed by atoms with Crippen molar-refractivity contribution in [2.45, 2.75) is 0 Å². The molecule has 14 aromatic rings. The summed E-state index contributed by atoms with van der Waals surface area (Å²) < 4.78 is 39.4. The number of hydrogen-bond donors (Lipinski definition) is 0. The van der Waals surface area contributed by atoms with E-state index in [9.17, 15) is 0 Å². The van der Waals surface area contributed by atoms with E-state index in [2.05, 4.69) is 193 Å². The molecule has 4 heterocycles. The van der Waals surface area contributed by atoms with E-state index in [4.69, 9.17) is 6.57 Å². The maximum atomic E-state index is 15.1. The molecule has 0 saturated carbocycles. The predicted octanol–water partition coefficient (Wildman–Crippen LogP) is 16.6. The van der Waals surface area contributed by atoms with Crippen LogP contribution in [-0.2, 0) is 0 Å². The minimum absolute atomic E-state index is 0.274. The Kier molecular flexibility index (Phi) is 8.05. The Morgan fingerprint density at radius 2 is 0.632 bits per heavy atom. The zero-order chi connectivity index (χ0) is 45.2. The Morgan fingerprint density at radius 1 is 0.309 bits per heavy atom. The lowest BCUT2D eigenvalue weighted by atomic mass is 10.0. The van der Waals surface area contributed by atoms with Gasteiger partial charge in [-0.25, -0.2) is 13.6 Å². The summed E-state index contributed by atoms with van der Waals surface area (Å²) in [5.74, 6) is -1.42. The summed E-state index contributed by atoms with van der Waals surface area (Å²) in [6, 6.07) is 71.3. The molecule has 0 saturated heterocycles. The Hall–Kier alpha value is -9.25. The van der Waals surface area contributed by atoms with Crippen molar-refractivity contribution in [3.8, 4) is 33.9 Å². The van der Waals surface area contributed by atoms with E-state index in [1.54, 1.807) is 0 Å². The Labute approximate surface area is 387 Å². The predicted molar refractivity (Wildman–Crippen MR) is 275 cm³/mol. The van der Waals surface area contributed by atoms with Crippen LogP contribution in [0.5, 0.6) is 0 Å². The zero-order valence-electron chi connectivity index (χ0n) is 36.2. The summed E-state index contributed by atoms with van der Waals surface area (Å²) in [5, 5.41) is 8.93. The Balaban J connectivity index is 1.07. The number of rotatable bonds is 5. The van der Waals surface area contributed by atoms with Crippen LogP contribution in [0.2, 0.25) is 0 Å². The monoisotopic (exact) mass is 875 g/mol. The van der Waals surface area contributed by atoms with Crippen LogP contribution in [0.4, 0.5) is 14.5 Å². The fraction of sp³-hybridized carbons (Fsp3) is 0. The van der Waals surface area contributed by atoms with Gasteiger partial charge in [0, 0.05) is 60.5 Å². The lowest BCUT2D eigenvalue weighted by Gasteiger charge is -2.20. The first kappa shape index (κ1) is 38.1. The lowest BCUT2D eigenvalue weighted by molar-refractivity contribution is 0.584. The van der Waals surface area contributed by atoms with Crippen LogP contribution in [0.25, 0.3) is 126 Å². The van der Waals surface area contributed by atoms with Crippen molar-refractivity contribution in [3.05, 3.63) is 235 Å². The molecule has 0 radical (unpaired) electrons. The molecule has 0 fully saturated rings. The Morgan fingerprint density at radius 3 is 1.01 bits per heavy atom. The minimum Gasteiger partial charge on any atom is -0.309 e. The molecule has 0 unspecified atom stereocenters. The summed E-state index contributed by atoms with van der Waals surface area (Å²) in [5.41, 5.74) is 12.8. The minimum atomic E-state index is -0.711. The molecule has 0 aliphatic carbocycles. The molecule has 5 nitrogen and oxygen atoms in total. The number of halogens is 2. The maximum Gasteiger partial charge on any atom is 0.197 e. The third-order valence-corrected chi connectivity index (χ3v) is 13.9. The topological polar surface area (TPSA) is 24.1 Å². The largest absolute Gasteiger partial charge is 0.309 e. The Bertz CT molecular complexity index is 4370. The lowest BCUT2D eigenvalue weighted by Crippen LogP contribution is -2.04. The van der Waals surface area contributed by atoms with Crippen LogP contribution in [0.15, 0.2) is 212 Å². The van der Waals surface area contributed by atoms with E-state index >= 15 is 8.78 Å². The fourth-order valence-electron chi connectivity index (χ4n) is 11.1. The van der Waals surface area contributed by atoms with Crippen LogP contribution < -0.4 is 0 Å². The average molecular weight is 876 g/mol. The standard InChI is InChI=1S/C61H35F2N5/c1-64-51-36-61(68-57-25-13-7-19-47(57)50-34-41(27-29-59(50)68)66-54-22-10-4-16-44(54)45-17-5-11-23-55(45)66)60(35-48(51)37-30-38(62)32-39(63)31-37)67-56-24-12-6-18-46(56)49-33-40(26-28-58(49)67)65-52-20-8-2-14-42(52)43-15-3-9-21-53(43)65/h2-36H. The summed E-state index contributed by atoms with van der Waals surface area (Å²) in [6.07, 6.45) is 0.